The topological polar surface area (TPSA) is 71.2 Å². The summed E-state index contributed by atoms with van der Waals surface area (Å²) in [6.07, 6.45) is 1.63. The van der Waals surface area contributed by atoms with Crippen molar-refractivity contribution in [3.8, 4) is 0 Å². The van der Waals surface area contributed by atoms with E-state index in [-0.39, 0.29) is 0 Å². The minimum Gasteiger partial charge on any atom is -0.480 e. The highest BCUT2D eigenvalue weighted by Gasteiger charge is 2.29. The Morgan fingerprint density at radius 2 is 2.56 bits per heavy atom. The van der Waals surface area contributed by atoms with Crippen LogP contribution in [0.15, 0.2) is 6.33 Å². The Labute approximate surface area is 97.6 Å². The van der Waals surface area contributed by atoms with Crippen molar-refractivity contribution in [2.45, 2.75) is 12.6 Å². The predicted molar refractivity (Wildman–Crippen MR) is 60.2 cm³/mol. The number of carboxylic acid groups (broad SMARTS) is 1. The van der Waals surface area contributed by atoms with Crippen molar-refractivity contribution in [2.75, 3.05) is 18.1 Å². The normalized spacial score (nSPS) is 22.2. The summed E-state index contributed by atoms with van der Waals surface area (Å²) < 4.78 is 1.82. The van der Waals surface area contributed by atoms with Gasteiger partial charge in [-0.2, -0.15) is 11.8 Å². The average Bonchev–Trinajstić information content (AvgIpc) is 2.65. The second-order valence-electron chi connectivity index (χ2n) is 3.76. The van der Waals surface area contributed by atoms with E-state index in [9.17, 15) is 4.79 Å². The molecule has 0 saturated carbocycles. The van der Waals surface area contributed by atoms with Crippen LogP contribution in [0.1, 0.15) is 5.82 Å². The summed E-state index contributed by atoms with van der Waals surface area (Å²) in [5.74, 6) is 1.67. The third-order valence-electron chi connectivity index (χ3n) is 2.67. The minimum atomic E-state index is -0.755. The van der Waals surface area contributed by atoms with E-state index in [1.807, 2.05) is 16.5 Å². The second-order valence-corrected chi connectivity index (χ2v) is 4.91. The maximum Gasteiger partial charge on any atom is 0.321 e. The smallest absolute Gasteiger partial charge is 0.321 e. The summed E-state index contributed by atoms with van der Waals surface area (Å²) in [5, 5.41) is 16.9. The van der Waals surface area contributed by atoms with Crippen LogP contribution < -0.4 is 0 Å². The molecule has 7 heteroatoms. The molecule has 0 aromatic carbocycles. The first-order chi connectivity index (χ1) is 7.68. The van der Waals surface area contributed by atoms with E-state index in [4.69, 9.17) is 5.11 Å². The van der Waals surface area contributed by atoms with E-state index in [1.54, 1.807) is 18.1 Å². The van der Waals surface area contributed by atoms with Crippen molar-refractivity contribution in [1.82, 2.24) is 19.7 Å². The van der Waals surface area contributed by atoms with Crippen LogP contribution in [0.3, 0.4) is 0 Å². The fourth-order valence-electron chi connectivity index (χ4n) is 1.69. The quantitative estimate of drug-likeness (QED) is 0.792. The summed E-state index contributed by atoms with van der Waals surface area (Å²) in [6, 6.07) is -0.407. The lowest BCUT2D eigenvalue weighted by Gasteiger charge is -2.31. The molecule has 1 unspecified atom stereocenters. The largest absolute Gasteiger partial charge is 0.480 e. The first kappa shape index (κ1) is 11.4. The number of rotatable bonds is 3. The van der Waals surface area contributed by atoms with Gasteiger partial charge >= 0.3 is 5.97 Å². The molecule has 2 heterocycles. The molecule has 1 saturated heterocycles. The number of aromatic nitrogens is 3. The molecule has 1 N–H and O–H groups in total. The van der Waals surface area contributed by atoms with Gasteiger partial charge in [-0.05, 0) is 0 Å². The van der Waals surface area contributed by atoms with Crippen LogP contribution in [0.25, 0.3) is 0 Å². The Morgan fingerprint density at radius 1 is 1.75 bits per heavy atom. The number of nitrogens with zero attached hydrogens (tertiary/aromatic N) is 4. The number of aryl methyl sites for hydroxylation is 1. The molecule has 1 aliphatic rings. The van der Waals surface area contributed by atoms with Gasteiger partial charge in [-0.1, -0.05) is 0 Å². The van der Waals surface area contributed by atoms with Gasteiger partial charge in [0.05, 0.1) is 6.54 Å². The second kappa shape index (κ2) is 4.84. The Hall–Kier alpha value is -1.08. The molecule has 0 bridgehead atoms. The van der Waals surface area contributed by atoms with Gasteiger partial charge in [0, 0.05) is 25.1 Å². The summed E-state index contributed by atoms with van der Waals surface area (Å²) in [4.78, 5) is 13.0. The summed E-state index contributed by atoms with van der Waals surface area (Å²) >= 11 is 1.69. The van der Waals surface area contributed by atoms with Crippen molar-refractivity contribution in [3.63, 3.8) is 0 Å². The Kier molecular flexibility index (Phi) is 3.45. The molecule has 16 heavy (non-hydrogen) atoms. The van der Waals surface area contributed by atoms with E-state index in [2.05, 4.69) is 10.2 Å². The fourth-order valence-corrected chi connectivity index (χ4v) is 2.79. The SMILES string of the molecule is Cn1cnnc1CN1CCSCC1C(=O)O. The highest BCUT2D eigenvalue weighted by Crippen LogP contribution is 2.18. The van der Waals surface area contributed by atoms with E-state index >= 15 is 0 Å². The molecule has 0 radical (unpaired) electrons. The van der Waals surface area contributed by atoms with Crippen molar-refractivity contribution < 1.29 is 9.90 Å². The monoisotopic (exact) mass is 242 g/mol. The molecule has 6 nitrogen and oxygen atoms in total. The predicted octanol–water partition coefficient (Wildman–Crippen LogP) is -0.183. The zero-order chi connectivity index (χ0) is 11.5. The van der Waals surface area contributed by atoms with Gasteiger partial charge in [-0.25, -0.2) is 0 Å². The number of aliphatic carboxylic acids is 1. The van der Waals surface area contributed by atoms with Crippen LogP contribution in [0.2, 0.25) is 0 Å². The van der Waals surface area contributed by atoms with Crippen molar-refractivity contribution in [3.05, 3.63) is 12.2 Å². The number of hydrogen-bond donors (Lipinski definition) is 1. The first-order valence-corrected chi connectivity index (χ1v) is 6.21. The van der Waals surface area contributed by atoms with Crippen LogP contribution >= 0.6 is 11.8 Å². The Balaban J connectivity index is 2.07. The highest BCUT2D eigenvalue weighted by atomic mass is 32.2. The van der Waals surface area contributed by atoms with E-state index in [0.29, 0.717) is 12.3 Å². The van der Waals surface area contributed by atoms with Crippen LogP contribution in [0.4, 0.5) is 0 Å². The van der Waals surface area contributed by atoms with Gasteiger partial charge < -0.3 is 9.67 Å². The summed E-state index contributed by atoms with van der Waals surface area (Å²) in [5.41, 5.74) is 0. The van der Waals surface area contributed by atoms with E-state index in [1.165, 1.54) is 0 Å². The van der Waals surface area contributed by atoms with Crippen LogP contribution in [0.5, 0.6) is 0 Å². The molecular weight excluding hydrogens is 228 g/mol. The summed E-state index contributed by atoms with van der Waals surface area (Å²) in [6.45, 7) is 1.34. The summed E-state index contributed by atoms with van der Waals surface area (Å²) in [7, 11) is 1.86. The van der Waals surface area contributed by atoms with Crippen molar-refractivity contribution in [2.24, 2.45) is 7.05 Å². The van der Waals surface area contributed by atoms with Crippen LogP contribution in [-0.2, 0) is 18.4 Å². The molecule has 1 fully saturated rings. The molecule has 1 aliphatic heterocycles. The zero-order valence-corrected chi connectivity index (χ0v) is 9.85. The molecule has 88 valence electrons. The average molecular weight is 242 g/mol. The number of carboxylic acids is 1. The number of hydrogen-bond acceptors (Lipinski definition) is 5. The van der Waals surface area contributed by atoms with Gasteiger partial charge in [-0.3, -0.25) is 9.69 Å². The van der Waals surface area contributed by atoms with Gasteiger partial charge in [-0.15, -0.1) is 10.2 Å². The van der Waals surface area contributed by atoms with E-state index in [0.717, 1.165) is 18.1 Å². The molecule has 2 rings (SSSR count). The van der Waals surface area contributed by atoms with Gasteiger partial charge in [0.25, 0.3) is 0 Å². The first-order valence-electron chi connectivity index (χ1n) is 5.06. The van der Waals surface area contributed by atoms with Crippen LogP contribution in [-0.4, -0.2) is 54.8 Å². The highest BCUT2D eigenvalue weighted by molar-refractivity contribution is 7.99. The number of carbonyl (C=O) groups is 1. The maximum absolute atomic E-state index is 11.1. The maximum atomic E-state index is 11.1. The lowest BCUT2D eigenvalue weighted by atomic mass is 10.2. The molecule has 0 aliphatic carbocycles. The fraction of sp³-hybridized carbons (Fsp3) is 0.667. The molecule has 1 atom stereocenters. The van der Waals surface area contributed by atoms with Gasteiger partial charge in [0.15, 0.2) is 0 Å². The van der Waals surface area contributed by atoms with Crippen LogP contribution in [0, 0.1) is 0 Å². The standard InChI is InChI=1S/C9H14N4O2S/c1-12-6-10-11-8(12)4-13-2-3-16-5-7(13)9(14)15/h6-7H,2-5H2,1H3,(H,14,15). The zero-order valence-electron chi connectivity index (χ0n) is 9.04. The molecule has 1 aromatic heterocycles. The lowest BCUT2D eigenvalue weighted by Crippen LogP contribution is -2.47. The molecular formula is C9H14N4O2S. The molecule has 1 aromatic rings. The number of thioether (sulfide) groups is 1. The Morgan fingerprint density at radius 3 is 3.19 bits per heavy atom. The molecule has 0 amide bonds. The minimum absolute atomic E-state index is 0.407. The van der Waals surface area contributed by atoms with Gasteiger partial charge in [0.1, 0.15) is 18.2 Å². The van der Waals surface area contributed by atoms with E-state index < -0.39 is 12.0 Å². The third kappa shape index (κ3) is 2.35. The van der Waals surface area contributed by atoms with Crippen molar-refractivity contribution in [1.29, 1.82) is 0 Å². The van der Waals surface area contributed by atoms with Crippen molar-refractivity contribution >= 4 is 17.7 Å². The van der Waals surface area contributed by atoms with Gasteiger partial charge in [0.2, 0.25) is 0 Å². The molecule has 0 spiro atoms. The Bertz CT molecular complexity index is 381. The lowest BCUT2D eigenvalue weighted by molar-refractivity contribution is -0.142. The third-order valence-corrected chi connectivity index (χ3v) is 3.70.